The van der Waals surface area contributed by atoms with Gasteiger partial charge in [0.1, 0.15) is 12.0 Å². The summed E-state index contributed by atoms with van der Waals surface area (Å²) in [6.45, 7) is 0.567. The molecule has 0 unspecified atom stereocenters. The van der Waals surface area contributed by atoms with Crippen molar-refractivity contribution >= 4 is 44.9 Å². The van der Waals surface area contributed by atoms with Crippen molar-refractivity contribution < 1.29 is 9.72 Å². The van der Waals surface area contributed by atoms with Crippen LogP contribution in [-0.2, 0) is 6.54 Å². The molecule has 0 bridgehead atoms. The molecule has 0 amide bonds. The predicted octanol–water partition coefficient (Wildman–Crippen LogP) is 3.87. The standard InChI is InChI=1S/C13H11BrN2O3S/c1-15(6-11-5-10(14)8-20-11)12-3-2-9(7-17)4-13(12)16(18)19/h2-5,7-8H,6H2,1H3. The van der Waals surface area contributed by atoms with Gasteiger partial charge in [-0.15, -0.1) is 11.3 Å². The third-order valence-corrected chi connectivity index (χ3v) is 4.44. The molecule has 1 aromatic carbocycles. The minimum atomic E-state index is -0.469. The van der Waals surface area contributed by atoms with Gasteiger partial charge in [-0.1, -0.05) is 0 Å². The molecule has 0 saturated carbocycles. The van der Waals surface area contributed by atoms with Crippen molar-refractivity contribution in [3.05, 3.63) is 54.7 Å². The molecule has 0 atom stereocenters. The molecule has 0 saturated heterocycles. The number of halogens is 1. The Labute approximate surface area is 128 Å². The van der Waals surface area contributed by atoms with Gasteiger partial charge in [-0.2, -0.15) is 0 Å². The number of hydrogen-bond donors (Lipinski definition) is 0. The molecule has 7 heteroatoms. The van der Waals surface area contributed by atoms with Gasteiger partial charge in [0, 0.05) is 33.4 Å². The lowest BCUT2D eigenvalue weighted by molar-refractivity contribution is -0.384. The Morgan fingerprint density at radius 2 is 2.20 bits per heavy atom. The Bertz CT molecular complexity index is 657. The molecule has 20 heavy (non-hydrogen) atoms. The molecular formula is C13H11BrN2O3S. The second-order valence-electron chi connectivity index (χ2n) is 4.21. The summed E-state index contributed by atoms with van der Waals surface area (Å²) in [5, 5.41) is 13.1. The van der Waals surface area contributed by atoms with Gasteiger partial charge in [-0.25, -0.2) is 0 Å². The summed E-state index contributed by atoms with van der Waals surface area (Å²) >= 11 is 4.96. The topological polar surface area (TPSA) is 63.5 Å². The van der Waals surface area contributed by atoms with Crippen LogP contribution in [0.15, 0.2) is 34.1 Å². The summed E-state index contributed by atoms with van der Waals surface area (Å²) < 4.78 is 0.997. The lowest BCUT2D eigenvalue weighted by atomic mass is 10.1. The quantitative estimate of drug-likeness (QED) is 0.464. The van der Waals surface area contributed by atoms with Crippen molar-refractivity contribution in [2.45, 2.75) is 6.54 Å². The van der Waals surface area contributed by atoms with E-state index >= 15 is 0 Å². The maximum atomic E-state index is 11.1. The highest BCUT2D eigenvalue weighted by Gasteiger charge is 2.18. The predicted molar refractivity (Wildman–Crippen MR) is 82.6 cm³/mol. The van der Waals surface area contributed by atoms with Gasteiger partial charge in [0.25, 0.3) is 5.69 Å². The molecule has 0 fully saturated rings. The van der Waals surface area contributed by atoms with Gasteiger partial charge in [0.15, 0.2) is 0 Å². The first-order valence-electron chi connectivity index (χ1n) is 5.69. The molecule has 0 radical (unpaired) electrons. The number of nitrogens with zero attached hydrogens (tertiary/aromatic N) is 2. The molecule has 0 aliphatic rings. The summed E-state index contributed by atoms with van der Waals surface area (Å²) in [6.07, 6.45) is 0.604. The molecule has 0 aliphatic carbocycles. The number of nitro groups is 1. The Kier molecular flexibility index (Phi) is 4.51. The first-order valence-corrected chi connectivity index (χ1v) is 7.36. The molecule has 2 aromatic rings. The first kappa shape index (κ1) is 14.7. The third-order valence-electron chi connectivity index (χ3n) is 2.76. The van der Waals surface area contributed by atoms with Gasteiger partial charge < -0.3 is 4.90 Å². The zero-order valence-corrected chi connectivity index (χ0v) is 13.0. The van der Waals surface area contributed by atoms with Crippen LogP contribution in [0.4, 0.5) is 11.4 Å². The molecule has 0 aliphatic heterocycles. The zero-order chi connectivity index (χ0) is 14.7. The fourth-order valence-electron chi connectivity index (χ4n) is 1.84. The van der Waals surface area contributed by atoms with Crippen LogP contribution >= 0.6 is 27.3 Å². The lowest BCUT2D eigenvalue weighted by Gasteiger charge is -2.18. The monoisotopic (exact) mass is 354 g/mol. The van der Waals surface area contributed by atoms with Crippen LogP contribution in [0, 0.1) is 10.1 Å². The van der Waals surface area contributed by atoms with Gasteiger partial charge in [0.2, 0.25) is 0 Å². The Morgan fingerprint density at radius 1 is 1.45 bits per heavy atom. The van der Waals surface area contributed by atoms with Crippen LogP contribution in [0.25, 0.3) is 0 Å². The van der Waals surface area contributed by atoms with E-state index in [0.717, 1.165) is 9.35 Å². The normalized spacial score (nSPS) is 10.3. The molecule has 0 N–H and O–H groups in total. The van der Waals surface area contributed by atoms with E-state index in [1.54, 1.807) is 35.4 Å². The molecule has 1 heterocycles. The average Bonchev–Trinajstić information content (AvgIpc) is 2.83. The second-order valence-corrected chi connectivity index (χ2v) is 6.12. The summed E-state index contributed by atoms with van der Waals surface area (Å²) in [4.78, 5) is 24.2. The van der Waals surface area contributed by atoms with Crippen molar-refractivity contribution in [3.63, 3.8) is 0 Å². The number of anilines is 1. The molecule has 2 rings (SSSR count). The van der Waals surface area contributed by atoms with Crippen molar-refractivity contribution in [2.75, 3.05) is 11.9 Å². The van der Waals surface area contributed by atoms with E-state index in [0.29, 0.717) is 24.1 Å². The highest BCUT2D eigenvalue weighted by atomic mass is 79.9. The number of aldehydes is 1. The Morgan fingerprint density at radius 3 is 2.75 bits per heavy atom. The van der Waals surface area contributed by atoms with Crippen molar-refractivity contribution in [1.82, 2.24) is 0 Å². The van der Waals surface area contributed by atoms with Gasteiger partial charge in [-0.05, 0) is 34.1 Å². The van der Waals surface area contributed by atoms with E-state index in [9.17, 15) is 14.9 Å². The minimum absolute atomic E-state index is 0.0623. The number of carbonyl (C=O) groups excluding carboxylic acids is 1. The van der Waals surface area contributed by atoms with E-state index in [1.165, 1.54) is 6.07 Å². The Hall–Kier alpha value is -1.73. The molecule has 0 spiro atoms. The summed E-state index contributed by atoms with van der Waals surface area (Å²) in [5.74, 6) is 0. The van der Waals surface area contributed by atoms with Gasteiger partial charge >= 0.3 is 0 Å². The maximum Gasteiger partial charge on any atom is 0.293 e. The third kappa shape index (κ3) is 3.23. The number of carbonyl (C=O) groups is 1. The summed E-state index contributed by atoms with van der Waals surface area (Å²) in [5.41, 5.74) is 0.727. The fraction of sp³-hybridized carbons (Fsp3) is 0.154. The first-order chi connectivity index (χ1) is 9.51. The highest BCUT2D eigenvalue weighted by molar-refractivity contribution is 9.10. The van der Waals surface area contributed by atoms with Crippen LogP contribution in [-0.4, -0.2) is 18.3 Å². The maximum absolute atomic E-state index is 11.1. The summed E-state index contributed by atoms with van der Waals surface area (Å²) in [7, 11) is 1.79. The van der Waals surface area contributed by atoms with E-state index in [4.69, 9.17) is 0 Å². The van der Waals surface area contributed by atoms with E-state index in [-0.39, 0.29) is 5.69 Å². The fourth-order valence-corrected chi connectivity index (χ4v) is 3.34. The van der Waals surface area contributed by atoms with Crippen molar-refractivity contribution in [1.29, 1.82) is 0 Å². The van der Waals surface area contributed by atoms with Crippen LogP contribution in [0.5, 0.6) is 0 Å². The average molecular weight is 355 g/mol. The van der Waals surface area contributed by atoms with Gasteiger partial charge in [0.05, 0.1) is 11.5 Å². The van der Waals surface area contributed by atoms with Gasteiger partial charge in [-0.3, -0.25) is 14.9 Å². The number of thiophene rings is 1. The largest absolute Gasteiger partial charge is 0.364 e. The molecule has 5 nitrogen and oxygen atoms in total. The molecular weight excluding hydrogens is 344 g/mol. The van der Waals surface area contributed by atoms with Crippen LogP contribution < -0.4 is 4.90 Å². The minimum Gasteiger partial charge on any atom is -0.364 e. The van der Waals surface area contributed by atoms with Crippen LogP contribution in [0.3, 0.4) is 0 Å². The van der Waals surface area contributed by atoms with E-state index in [1.807, 2.05) is 11.4 Å². The molecule has 1 aromatic heterocycles. The molecule has 104 valence electrons. The Balaban J connectivity index is 2.31. The number of rotatable bonds is 5. The number of hydrogen-bond acceptors (Lipinski definition) is 5. The smallest absolute Gasteiger partial charge is 0.293 e. The van der Waals surface area contributed by atoms with Crippen LogP contribution in [0.1, 0.15) is 15.2 Å². The second kappa shape index (κ2) is 6.15. The lowest BCUT2D eigenvalue weighted by Crippen LogP contribution is -2.17. The highest BCUT2D eigenvalue weighted by Crippen LogP contribution is 2.30. The number of nitro benzene ring substituents is 1. The number of benzene rings is 1. The van der Waals surface area contributed by atoms with Crippen LogP contribution in [0.2, 0.25) is 0 Å². The summed E-state index contributed by atoms with van der Waals surface area (Å²) in [6, 6.07) is 6.46. The van der Waals surface area contributed by atoms with E-state index in [2.05, 4.69) is 15.9 Å². The van der Waals surface area contributed by atoms with Crippen molar-refractivity contribution in [3.8, 4) is 0 Å². The zero-order valence-electron chi connectivity index (χ0n) is 10.6. The van der Waals surface area contributed by atoms with E-state index < -0.39 is 4.92 Å². The SMILES string of the molecule is CN(Cc1cc(Br)cs1)c1ccc(C=O)cc1[N+](=O)[O-]. The van der Waals surface area contributed by atoms with Crippen molar-refractivity contribution in [2.24, 2.45) is 0 Å².